The van der Waals surface area contributed by atoms with Crippen molar-refractivity contribution >= 4 is 17.9 Å². The number of carbonyl (C=O) groups is 3. The third kappa shape index (κ3) is 6.60. The molecule has 122 valence electrons. The van der Waals surface area contributed by atoms with E-state index in [-0.39, 0.29) is 12.7 Å². The van der Waals surface area contributed by atoms with Crippen LogP contribution < -0.4 is 0 Å². The van der Waals surface area contributed by atoms with Crippen LogP contribution in [0.25, 0.3) is 0 Å². The summed E-state index contributed by atoms with van der Waals surface area (Å²) in [6.07, 6.45) is 2.05. The van der Waals surface area contributed by atoms with Gasteiger partial charge in [-0.15, -0.1) is 0 Å². The Bertz CT molecular complexity index is 352. The molecule has 0 aliphatic heterocycles. The van der Waals surface area contributed by atoms with E-state index in [0.29, 0.717) is 19.3 Å². The monoisotopic (exact) mass is 302 g/mol. The van der Waals surface area contributed by atoms with Crippen LogP contribution in [-0.4, -0.2) is 35.7 Å². The van der Waals surface area contributed by atoms with E-state index in [9.17, 15) is 19.5 Å². The summed E-state index contributed by atoms with van der Waals surface area (Å²) in [7, 11) is 0. The Morgan fingerprint density at radius 3 is 2.14 bits per heavy atom. The van der Waals surface area contributed by atoms with Gasteiger partial charge in [0.15, 0.2) is 5.92 Å². The standard InChI is InChI=1S/C15H26O6/c1-5-8-9-11(14(18)21-10(4)6-2)12(13(16)17)15(19)20-7-3/h10-12H,5-9H2,1-4H3,(H,16,17). The molecule has 0 saturated carbocycles. The van der Waals surface area contributed by atoms with Crippen molar-refractivity contribution in [2.24, 2.45) is 11.8 Å². The molecule has 0 saturated heterocycles. The van der Waals surface area contributed by atoms with E-state index in [1.54, 1.807) is 13.8 Å². The molecule has 0 spiro atoms. The molecule has 1 N–H and O–H groups in total. The van der Waals surface area contributed by atoms with E-state index in [4.69, 9.17) is 9.47 Å². The topological polar surface area (TPSA) is 89.9 Å². The largest absolute Gasteiger partial charge is 0.481 e. The summed E-state index contributed by atoms with van der Waals surface area (Å²) in [6.45, 7) is 7.18. The normalized spacial score (nSPS) is 14.9. The zero-order chi connectivity index (χ0) is 16.4. The maximum Gasteiger partial charge on any atom is 0.321 e. The highest BCUT2D eigenvalue weighted by molar-refractivity contribution is 5.98. The van der Waals surface area contributed by atoms with Crippen LogP contribution in [-0.2, 0) is 23.9 Å². The lowest BCUT2D eigenvalue weighted by molar-refractivity contribution is -0.171. The summed E-state index contributed by atoms with van der Waals surface area (Å²) >= 11 is 0. The number of carboxylic acid groups (broad SMARTS) is 1. The molecule has 0 aromatic rings. The number of rotatable bonds is 10. The molecule has 0 amide bonds. The van der Waals surface area contributed by atoms with E-state index in [0.717, 1.165) is 6.42 Å². The second-order valence-corrected chi connectivity index (χ2v) is 4.97. The Kier molecular flexibility index (Phi) is 9.41. The van der Waals surface area contributed by atoms with Crippen LogP contribution in [0, 0.1) is 11.8 Å². The second kappa shape index (κ2) is 10.2. The number of unbranched alkanes of at least 4 members (excludes halogenated alkanes) is 1. The summed E-state index contributed by atoms with van der Waals surface area (Å²) in [5.74, 6) is -5.38. The van der Waals surface area contributed by atoms with Gasteiger partial charge in [0, 0.05) is 0 Å². The minimum atomic E-state index is -1.51. The highest BCUT2D eigenvalue weighted by Gasteiger charge is 2.41. The van der Waals surface area contributed by atoms with Crippen molar-refractivity contribution in [1.82, 2.24) is 0 Å². The van der Waals surface area contributed by atoms with Gasteiger partial charge in [-0.25, -0.2) is 0 Å². The van der Waals surface area contributed by atoms with E-state index in [1.807, 2.05) is 13.8 Å². The van der Waals surface area contributed by atoms with Gasteiger partial charge < -0.3 is 14.6 Å². The van der Waals surface area contributed by atoms with Gasteiger partial charge in [0.05, 0.1) is 18.6 Å². The molecule has 3 unspecified atom stereocenters. The third-order valence-corrected chi connectivity index (χ3v) is 3.27. The van der Waals surface area contributed by atoms with Crippen LogP contribution in [0.5, 0.6) is 0 Å². The van der Waals surface area contributed by atoms with Crippen molar-refractivity contribution in [2.75, 3.05) is 6.61 Å². The maximum atomic E-state index is 12.2. The molecule has 6 nitrogen and oxygen atoms in total. The van der Waals surface area contributed by atoms with E-state index < -0.39 is 29.7 Å². The molecule has 0 aromatic carbocycles. The van der Waals surface area contributed by atoms with Gasteiger partial charge in [0.2, 0.25) is 0 Å². The maximum absolute atomic E-state index is 12.2. The van der Waals surface area contributed by atoms with E-state index in [2.05, 4.69) is 0 Å². The van der Waals surface area contributed by atoms with Gasteiger partial charge in [-0.1, -0.05) is 26.7 Å². The zero-order valence-electron chi connectivity index (χ0n) is 13.3. The molecule has 0 bridgehead atoms. The number of esters is 2. The van der Waals surface area contributed by atoms with Crippen LogP contribution in [0.15, 0.2) is 0 Å². The smallest absolute Gasteiger partial charge is 0.321 e. The number of ether oxygens (including phenoxy) is 2. The molecule has 21 heavy (non-hydrogen) atoms. The van der Waals surface area contributed by atoms with E-state index >= 15 is 0 Å². The van der Waals surface area contributed by atoms with E-state index in [1.165, 1.54) is 0 Å². The number of carboxylic acids is 1. The number of aliphatic carboxylic acids is 1. The van der Waals surface area contributed by atoms with Crippen LogP contribution in [0.1, 0.15) is 53.4 Å². The number of hydrogen-bond donors (Lipinski definition) is 1. The zero-order valence-corrected chi connectivity index (χ0v) is 13.3. The predicted molar refractivity (Wildman–Crippen MR) is 76.6 cm³/mol. The molecule has 0 aromatic heterocycles. The summed E-state index contributed by atoms with van der Waals surface area (Å²) in [6, 6.07) is 0. The highest BCUT2D eigenvalue weighted by atomic mass is 16.5. The molecule has 0 aliphatic carbocycles. The van der Waals surface area contributed by atoms with Gasteiger partial charge in [0.25, 0.3) is 0 Å². The summed E-state index contributed by atoms with van der Waals surface area (Å²) in [5, 5.41) is 9.27. The lowest BCUT2D eigenvalue weighted by Crippen LogP contribution is -2.38. The van der Waals surface area contributed by atoms with Crippen LogP contribution in [0.2, 0.25) is 0 Å². The molecule has 0 aliphatic rings. The Labute approximate surface area is 125 Å². The molecule has 0 fully saturated rings. The second-order valence-electron chi connectivity index (χ2n) is 4.97. The van der Waals surface area contributed by atoms with Crippen molar-refractivity contribution in [2.45, 2.75) is 59.5 Å². The molecule has 6 heteroatoms. The summed E-state index contributed by atoms with van der Waals surface area (Å²) in [4.78, 5) is 35.4. The molecule has 0 rings (SSSR count). The fourth-order valence-electron chi connectivity index (χ4n) is 1.88. The summed E-state index contributed by atoms with van der Waals surface area (Å²) < 4.78 is 9.99. The first-order valence-corrected chi connectivity index (χ1v) is 7.48. The molecular weight excluding hydrogens is 276 g/mol. The fraction of sp³-hybridized carbons (Fsp3) is 0.800. The van der Waals surface area contributed by atoms with Gasteiger partial charge in [-0.2, -0.15) is 0 Å². The summed E-state index contributed by atoms with van der Waals surface area (Å²) in [5.41, 5.74) is 0. The average Bonchev–Trinajstić information content (AvgIpc) is 2.42. The van der Waals surface area contributed by atoms with Crippen LogP contribution in [0.3, 0.4) is 0 Å². The lowest BCUT2D eigenvalue weighted by atomic mass is 9.87. The Morgan fingerprint density at radius 2 is 1.71 bits per heavy atom. The van der Waals surface area contributed by atoms with Gasteiger partial charge in [-0.05, 0) is 26.7 Å². The van der Waals surface area contributed by atoms with Gasteiger partial charge in [0.1, 0.15) is 0 Å². The predicted octanol–water partition coefficient (Wildman–Crippen LogP) is 2.40. The Morgan fingerprint density at radius 1 is 1.10 bits per heavy atom. The fourth-order valence-corrected chi connectivity index (χ4v) is 1.88. The quantitative estimate of drug-likeness (QED) is 0.492. The SMILES string of the molecule is CCCCC(C(=O)OC(C)CC)C(C(=O)O)C(=O)OCC. The number of carbonyl (C=O) groups excluding carboxylic acids is 2. The minimum Gasteiger partial charge on any atom is -0.481 e. The average molecular weight is 302 g/mol. The minimum absolute atomic E-state index is 0.0729. The van der Waals surface area contributed by atoms with Crippen LogP contribution >= 0.6 is 0 Å². The third-order valence-electron chi connectivity index (χ3n) is 3.27. The first kappa shape index (κ1) is 19.4. The van der Waals surface area contributed by atoms with Crippen LogP contribution in [0.4, 0.5) is 0 Å². The van der Waals surface area contributed by atoms with Crippen molar-refractivity contribution in [3.8, 4) is 0 Å². The molecule has 3 atom stereocenters. The van der Waals surface area contributed by atoms with Crippen molar-refractivity contribution in [3.05, 3.63) is 0 Å². The van der Waals surface area contributed by atoms with Gasteiger partial charge in [-0.3, -0.25) is 14.4 Å². The Hall–Kier alpha value is -1.59. The lowest BCUT2D eigenvalue weighted by Gasteiger charge is -2.22. The number of hydrogen-bond acceptors (Lipinski definition) is 5. The van der Waals surface area contributed by atoms with Crippen molar-refractivity contribution in [1.29, 1.82) is 0 Å². The highest BCUT2D eigenvalue weighted by Crippen LogP contribution is 2.23. The molecule has 0 radical (unpaired) electrons. The van der Waals surface area contributed by atoms with Crippen molar-refractivity contribution in [3.63, 3.8) is 0 Å². The van der Waals surface area contributed by atoms with Crippen molar-refractivity contribution < 1.29 is 29.0 Å². The molecule has 0 heterocycles. The first-order valence-electron chi connectivity index (χ1n) is 7.48. The van der Waals surface area contributed by atoms with Gasteiger partial charge >= 0.3 is 17.9 Å². The first-order chi connectivity index (χ1) is 9.88. The Balaban J connectivity index is 5.17. The molecular formula is C15H26O6.